The largest absolute Gasteiger partial charge is 0.503 e. The third kappa shape index (κ3) is 2.99. The van der Waals surface area contributed by atoms with E-state index in [4.69, 9.17) is 10.5 Å². The van der Waals surface area contributed by atoms with Gasteiger partial charge in [0.2, 0.25) is 0 Å². The number of aromatic nitrogens is 4. The van der Waals surface area contributed by atoms with Crippen LogP contribution in [-0.2, 0) is 0 Å². The van der Waals surface area contributed by atoms with Crippen molar-refractivity contribution in [1.29, 1.82) is 0 Å². The number of halogens is 1. The molecule has 0 fully saturated rings. The molecule has 3 N–H and O–H groups in total. The van der Waals surface area contributed by atoms with Crippen molar-refractivity contribution in [3.05, 3.63) is 22.2 Å². The molecule has 0 aliphatic heterocycles. The Morgan fingerprint density at radius 2 is 2.37 bits per heavy atom. The van der Waals surface area contributed by atoms with Crippen molar-refractivity contribution in [3.8, 4) is 11.5 Å². The molecule has 0 spiro atoms. The zero-order chi connectivity index (χ0) is 13.8. The van der Waals surface area contributed by atoms with Gasteiger partial charge in [0, 0.05) is 0 Å². The second-order valence-corrected chi connectivity index (χ2v) is 4.31. The van der Waals surface area contributed by atoms with Crippen molar-refractivity contribution < 1.29 is 9.84 Å². The molecule has 1 aromatic heterocycles. The topological polar surface area (TPSA) is 111 Å². The molecule has 0 bridgehead atoms. The van der Waals surface area contributed by atoms with E-state index in [1.54, 1.807) is 12.1 Å². The van der Waals surface area contributed by atoms with E-state index in [1.807, 2.05) is 6.92 Å². The summed E-state index contributed by atoms with van der Waals surface area (Å²) in [6.07, 6.45) is 1.50. The monoisotopic (exact) mass is 326 g/mol. The number of ether oxygens (including phenoxy) is 1. The number of aromatic hydroxyl groups is 1. The first-order chi connectivity index (χ1) is 9.11. The fourth-order valence-corrected chi connectivity index (χ4v) is 1.79. The van der Waals surface area contributed by atoms with Crippen LogP contribution in [0.25, 0.3) is 0 Å². The summed E-state index contributed by atoms with van der Waals surface area (Å²) in [5.74, 6) is 0.489. The molecular formula is C10H11BrN6O2. The van der Waals surface area contributed by atoms with Gasteiger partial charge >= 0.3 is 0 Å². The molecule has 19 heavy (non-hydrogen) atoms. The van der Waals surface area contributed by atoms with Crippen LogP contribution >= 0.6 is 15.9 Å². The van der Waals surface area contributed by atoms with Gasteiger partial charge in [-0.15, -0.1) is 0 Å². The molecule has 0 unspecified atom stereocenters. The number of hydrogen-bond donors (Lipinski definition) is 2. The van der Waals surface area contributed by atoms with Gasteiger partial charge in [0.1, 0.15) is 0 Å². The Morgan fingerprint density at radius 1 is 1.58 bits per heavy atom. The summed E-state index contributed by atoms with van der Waals surface area (Å²) in [5, 5.41) is 24.2. The summed E-state index contributed by atoms with van der Waals surface area (Å²) in [7, 11) is 0. The second kappa shape index (κ2) is 5.65. The summed E-state index contributed by atoms with van der Waals surface area (Å²) in [6.45, 7) is 2.27. The number of rotatable bonds is 4. The van der Waals surface area contributed by atoms with Crippen LogP contribution in [0, 0.1) is 0 Å². The highest BCUT2D eigenvalue weighted by Crippen LogP contribution is 2.35. The number of hydrogen-bond acceptors (Lipinski definition) is 7. The minimum atomic E-state index is 0.0425. The van der Waals surface area contributed by atoms with Gasteiger partial charge in [-0.05, 0) is 51.0 Å². The van der Waals surface area contributed by atoms with Crippen molar-refractivity contribution >= 4 is 28.1 Å². The normalized spacial score (nSPS) is 11.1. The van der Waals surface area contributed by atoms with Gasteiger partial charge in [-0.3, -0.25) is 0 Å². The van der Waals surface area contributed by atoms with Crippen molar-refractivity contribution in [1.82, 2.24) is 20.3 Å². The number of benzene rings is 1. The van der Waals surface area contributed by atoms with E-state index in [1.165, 1.54) is 6.21 Å². The summed E-state index contributed by atoms with van der Waals surface area (Å²) in [6, 6.07) is 3.33. The van der Waals surface area contributed by atoms with Crippen LogP contribution in [0.4, 0.5) is 5.95 Å². The molecule has 100 valence electrons. The van der Waals surface area contributed by atoms with E-state index >= 15 is 0 Å². The molecule has 2 aromatic rings. The minimum Gasteiger partial charge on any atom is -0.503 e. The molecular weight excluding hydrogens is 316 g/mol. The lowest BCUT2D eigenvalue weighted by Crippen LogP contribution is -2.00. The zero-order valence-corrected chi connectivity index (χ0v) is 11.6. The van der Waals surface area contributed by atoms with Gasteiger partial charge in [0.25, 0.3) is 5.95 Å². The van der Waals surface area contributed by atoms with Crippen LogP contribution in [0.5, 0.6) is 11.5 Å². The van der Waals surface area contributed by atoms with E-state index in [9.17, 15) is 5.11 Å². The standard InChI is InChI=1S/C10H11BrN6O2/c1-2-19-8-4-6(3-7(11)9(8)18)5-13-17-10(12)14-15-16-17/h3-5,18H,2H2,1H3,(H2,12,14,16)/b13-5-. The molecule has 1 heterocycles. The molecule has 0 aliphatic rings. The zero-order valence-electron chi connectivity index (χ0n) is 9.99. The van der Waals surface area contributed by atoms with Crippen LogP contribution in [0.1, 0.15) is 12.5 Å². The molecule has 0 atom stereocenters. The molecule has 0 saturated carbocycles. The number of phenols is 1. The Labute approximate surface area is 117 Å². The SMILES string of the molecule is CCOc1cc(/C=N\n2nnnc2N)cc(Br)c1O. The molecule has 0 amide bonds. The summed E-state index contributed by atoms with van der Waals surface area (Å²) in [5.41, 5.74) is 6.17. The van der Waals surface area contributed by atoms with Gasteiger partial charge in [0.15, 0.2) is 11.5 Å². The van der Waals surface area contributed by atoms with Crippen molar-refractivity contribution in [2.45, 2.75) is 6.92 Å². The average molecular weight is 327 g/mol. The van der Waals surface area contributed by atoms with Gasteiger partial charge in [-0.1, -0.05) is 9.89 Å². The van der Waals surface area contributed by atoms with E-state index in [0.29, 0.717) is 22.4 Å². The molecule has 9 heteroatoms. The highest BCUT2D eigenvalue weighted by atomic mass is 79.9. The Kier molecular flexibility index (Phi) is 3.95. The lowest BCUT2D eigenvalue weighted by Gasteiger charge is -2.08. The van der Waals surface area contributed by atoms with Crippen molar-refractivity contribution in [2.75, 3.05) is 12.3 Å². The van der Waals surface area contributed by atoms with Crippen molar-refractivity contribution in [2.24, 2.45) is 5.10 Å². The highest BCUT2D eigenvalue weighted by Gasteiger charge is 2.08. The van der Waals surface area contributed by atoms with Crippen LogP contribution in [0.2, 0.25) is 0 Å². The third-order valence-corrected chi connectivity index (χ3v) is 2.75. The van der Waals surface area contributed by atoms with E-state index in [-0.39, 0.29) is 11.7 Å². The predicted molar refractivity (Wildman–Crippen MR) is 72.2 cm³/mol. The predicted octanol–water partition coefficient (Wildman–Crippen LogP) is 1.00. The number of nitrogen functional groups attached to an aromatic ring is 1. The minimum absolute atomic E-state index is 0.0425. The molecule has 0 aliphatic carbocycles. The highest BCUT2D eigenvalue weighted by molar-refractivity contribution is 9.10. The van der Waals surface area contributed by atoms with Crippen LogP contribution in [0.15, 0.2) is 21.7 Å². The maximum absolute atomic E-state index is 9.78. The maximum Gasteiger partial charge on any atom is 0.263 e. The third-order valence-electron chi connectivity index (χ3n) is 2.14. The Bertz CT molecular complexity index is 612. The van der Waals surface area contributed by atoms with Gasteiger partial charge in [-0.2, -0.15) is 5.10 Å². The molecule has 2 rings (SSSR count). The summed E-state index contributed by atoms with van der Waals surface area (Å²) >= 11 is 3.24. The molecule has 8 nitrogen and oxygen atoms in total. The molecule has 0 saturated heterocycles. The molecule has 0 radical (unpaired) electrons. The van der Waals surface area contributed by atoms with Crippen molar-refractivity contribution in [3.63, 3.8) is 0 Å². The quantitative estimate of drug-likeness (QED) is 0.811. The van der Waals surface area contributed by atoms with Crippen LogP contribution < -0.4 is 10.5 Å². The van der Waals surface area contributed by atoms with E-state index in [2.05, 4.69) is 36.6 Å². The van der Waals surface area contributed by atoms with Gasteiger partial charge < -0.3 is 15.6 Å². The van der Waals surface area contributed by atoms with Gasteiger partial charge in [-0.25, -0.2) is 0 Å². The van der Waals surface area contributed by atoms with Gasteiger partial charge in [0.05, 0.1) is 17.3 Å². The van der Waals surface area contributed by atoms with Crippen LogP contribution in [0.3, 0.4) is 0 Å². The lowest BCUT2D eigenvalue weighted by molar-refractivity contribution is 0.317. The fourth-order valence-electron chi connectivity index (χ4n) is 1.33. The smallest absolute Gasteiger partial charge is 0.263 e. The number of nitrogens with zero attached hydrogens (tertiary/aromatic N) is 5. The number of tetrazole rings is 1. The Morgan fingerprint density at radius 3 is 3.00 bits per heavy atom. The average Bonchev–Trinajstić information content (AvgIpc) is 2.78. The Balaban J connectivity index is 2.30. The maximum atomic E-state index is 9.78. The Hall–Kier alpha value is -2.16. The fraction of sp³-hybridized carbons (Fsp3) is 0.200. The second-order valence-electron chi connectivity index (χ2n) is 3.45. The first-order valence-corrected chi connectivity index (χ1v) is 6.14. The van der Waals surface area contributed by atoms with Crippen LogP contribution in [-0.4, -0.2) is 38.2 Å². The summed E-state index contributed by atoms with van der Waals surface area (Å²) in [4.78, 5) is 1.08. The number of phenolic OH excluding ortho intramolecular Hbond substituents is 1. The first kappa shape index (κ1) is 13.3. The first-order valence-electron chi connectivity index (χ1n) is 5.35. The van der Waals surface area contributed by atoms with E-state index in [0.717, 1.165) is 4.79 Å². The summed E-state index contributed by atoms with van der Waals surface area (Å²) < 4.78 is 5.81. The van der Waals surface area contributed by atoms with E-state index < -0.39 is 0 Å². The molecule has 1 aromatic carbocycles. The lowest BCUT2D eigenvalue weighted by atomic mass is 10.2. The number of nitrogens with two attached hydrogens (primary N) is 1. The number of anilines is 1.